The van der Waals surface area contributed by atoms with Crippen LogP contribution in [0.1, 0.15) is 12.1 Å². The van der Waals surface area contributed by atoms with E-state index in [0.717, 1.165) is 36.7 Å². The highest BCUT2D eigenvalue weighted by molar-refractivity contribution is 5.64. The van der Waals surface area contributed by atoms with Crippen molar-refractivity contribution in [3.8, 4) is 0 Å². The average molecular weight is 234 g/mol. The van der Waals surface area contributed by atoms with Crippen molar-refractivity contribution in [3.63, 3.8) is 0 Å². The van der Waals surface area contributed by atoms with Crippen LogP contribution in [0.4, 0.5) is 11.5 Å². The highest BCUT2D eigenvalue weighted by Crippen LogP contribution is 2.20. The number of nitrogens with one attached hydrogen (secondary N) is 1. The smallest absolute Gasteiger partial charge is 0.147 e. The normalized spacial score (nSPS) is 10.7. The first-order valence-corrected chi connectivity index (χ1v) is 5.67. The van der Waals surface area contributed by atoms with Gasteiger partial charge >= 0.3 is 0 Å². The van der Waals surface area contributed by atoms with Crippen molar-refractivity contribution in [2.45, 2.75) is 19.9 Å². The van der Waals surface area contributed by atoms with Gasteiger partial charge in [0.15, 0.2) is 0 Å². The summed E-state index contributed by atoms with van der Waals surface area (Å²) in [7, 11) is 1.89. The Labute approximate surface area is 100 Å². The molecule has 0 spiro atoms. The Kier molecular flexibility index (Phi) is 3.32. The molecule has 0 bridgehead atoms. The Hall–Kier alpha value is -1.98. The monoisotopic (exact) mass is 234 g/mol. The van der Waals surface area contributed by atoms with Crippen molar-refractivity contribution in [1.29, 1.82) is 0 Å². The molecule has 17 heavy (non-hydrogen) atoms. The Bertz CT molecular complexity index is 470. The molecular formula is C11H18N6. The van der Waals surface area contributed by atoms with Crippen molar-refractivity contribution in [3.05, 3.63) is 24.4 Å². The van der Waals surface area contributed by atoms with Crippen molar-refractivity contribution in [1.82, 2.24) is 19.3 Å². The van der Waals surface area contributed by atoms with E-state index in [9.17, 15) is 0 Å². The van der Waals surface area contributed by atoms with Crippen molar-refractivity contribution < 1.29 is 0 Å². The maximum Gasteiger partial charge on any atom is 0.147 e. The fourth-order valence-corrected chi connectivity index (χ4v) is 1.77. The molecule has 6 heteroatoms. The van der Waals surface area contributed by atoms with E-state index >= 15 is 0 Å². The molecule has 92 valence electrons. The first kappa shape index (κ1) is 11.5. The van der Waals surface area contributed by atoms with Crippen LogP contribution in [0.5, 0.6) is 0 Å². The molecular weight excluding hydrogens is 216 g/mol. The first-order chi connectivity index (χ1) is 8.18. The van der Waals surface area contributed by atoms with E-state index in [1.165, 1.54) is 0 Å². The van der Waals surface area contributed by atoms with Gasteiger partial charge in [0.1, 0.15) is 5.82 Å². The van der Waals surface area contributed by atoms with Gasteiger partial charge in [-0.15, -0.1) is 0 Å². The van der Waals surface area contributed by atoms with E-state index in [4.69, 9.17) is 5.73 Å². The third-order valence-electron chi connectivity index (χ3n) is 2.71. The van der Waals surface area contributed by atoms with Crippen LogP contribution in [-0.2, 0) is 13.6 Å². The second-order valence-electron chi connectivity index (χ2n) is 4.05. The second-order valence-corrected chi connectivity index (χ2v) is 4.05. The fourth-order valence-electron chi connectivity index (χ4n) is 1.77. The fraction of sp³-hybridized carbons (Fsp3) is 0.455. The lowest BCUT2D eigenvalue weighted by atomic mass is 10.3. The predicted molar refractivity (Wildman–Crippen MR) is 67.7 cm³/mol. The Balaban J connectivity index is 1.82. The van der Waals surface area contributed by atoms with Gasteiger partial charge in [0, 0.05) is 32.5 Å². The van der Waals surface area contributed by atoms with E-state index in [-0.39, 0.29) is 0 Å². The number of hydrogen-bond donors (Lipinski definition) is 2. The quantitative estimate of drug-likeness (QED) is 0.757. The summed E-state index contributed by atoms with van der Waals surface area (Å²) in [6.45, 7) is 3.72. The van der Waals surface area contributed by atoms with Crippen LogP contribution in [0.2, 0.25) is 0 Å². The molecule has 0 amide bonds. The molecule has 0 saturated heterocycles. The molecule has 3 N–H and O–H groups in total. The predicted octanol–water partition coefficient (Wildman–Crippen LogP) is 1.01. The molecule has 2 rings (SSSR count). The van der Waals surface area contributed by atoms with Crippen LogP contribution in [0.25, 0.3) is 0 Å². The molecule has 0 radical (unpaired) electrons. The van der Waals surface area contributed by atoms with Gasteiger partial charge in [-0.25, -0.2) is 4.98 Å². The summed E-state index contributed by atoms with van der Waals surface area (Å²) >= 11 is 0. The van der Waals surface area contributed by atoms with Gasteiger partial charge in [-0.05, 0) is 13.3 Å². The third-order valence-corrected chi connectivity index (χ3v) is 2.71. The number of nitrogens with zero attached hydrogens (tertiary/aromatic N) is 4. The minimum Gasteiger partial charge on any atom is -0.394 e. The molecule has 0 aliphatic carbocycles. The van der Waals surface area contributed by atoms with E-state index in [1.807, 2.05) is 26.5 Å². The molecule has 0 fully saturated rings. The number of anilines is 2. The summed E-state index contributed by atoms with van der Waals surface area (Å²) in [5.74, 6) is 0.896. The highest BCUT2D eigenvalue weighted by atomic mass is 15.3. The molecule has 0 aromatic carbocycles. The van der Waals surface area contributed by atoms with Crippen LogP contribution >= 0.6 is 0 Å². The zero-order valence-corrected chi connectivity index (χ0v) is 10.2. The first-order valence-electron chi connectivity index (χ1n) is 5.67. The van der Waals surface area contributed by atoms with E-state index < -0.39 is 0 Å². The zero-order chi connectivity index (χ0) is 12.3. The van der Waals surface area contributed by atoms with E-state index in [1.54, 1.807) is 10.9 Å². The van der Waals surface area contributed by atoms with Gasteiger partial charge in [-0.2, -0.15) is 5.10 Å². The molecule has 0 unspecified atom stereocenters. The molecule has 0 saturated carbocycles. The van der Waals surface area contributed by atoms with Gasteiger partial charge in [0.05, 0.1) is 17.7 Å². The van der Waals surface area contributed by atoms with E-state index in [2.05, 4.69) is 20.0 Å². The maximum atomic E-state index is 5.92. The van der Waals surface area contributed by atoms with Gasteiger partial charge in [0.25, 0.3) is 0 Å². The molecule has 6 nitrogen and oxygen atoms in total. The molecule has 2 aromatic rings. The van der Waals surface area contributed by atoms with E-state index in [0.29, 0.717) is 0 Å². The molecule has 2 heterocycles. The number of nitrogen functional groups attached to an aromatic ring is 1. The van der Waals surface area contributed by atoms with Crippen molar-refractivity contribution in [2.24, 2.45) is 7.05 Å². The molecule has 0 aliphatic rings. The Morgan fingerprint density at radius 2 is 2.29 bits per heavy atom. The summed E-state index contributed by atoms with van der Waals surface area (Å²) in [5, 5.41) is 7.56. The van der Waals surface area contributed by atoms with Crippen LogP contribution < -0.4 is 11.1 Å². The van der Waals surface area contributed by atoms with Crippen molar-refractivity contribution >= 4 is 11.5 Å². The lowest BCUT2D eigenvalue weighted by Crippen LogP contribution is -2.10. The van der Waals surface area contributed by atoms with Gasteiger partial charge in [0.2, 0.25) is 0 Å². The largest absolute Gasteiger partial charge is 0.394 e. The molecule has 2 aromatic heterocycles. The summed E-state index contributed by atoms with van der Waals surface area (Å²) < 4.78 is 3.83. The lowest BCUT2D eigenvalue weighted by molar-refractivity contribution is 0.656. The van der Waals surface area contributed by atoms with Gasteiger partial charge in [-0.3, -0.25) is 4.68 Å². The summed E-state index contributed by atoms with van der Waals surface area (Å²) in [5.41, 5.74) is 7.52. The molecule has 0 atom stereocenters. The SMILES string of the molecule is Cc1nn(C)c(NCCCn2ccnc2)c1N. The minimum absolute atomic E-state index is 0.732. The number of rotatable bonds is 5. The van der Waals surface area contributed by atoms with Crippen molar-refractivity contribution in [2.75, 3.05) is 17.6 Å². The van der Waals surface area contributed by atoms with Crippen LogP contribution in [0, 0.1) is 6.92 Å². The minimum atomic E-state index is 0.732. The summed E-state index contributed by atoms with van der Waals surface area (Å²) in [6, 6.07) is 0. The summed E-state index contributed by atoms with van der Waals surface area (Å²) in [6.07, 6.45) is 6.58. The van der Waals surface area contributed by atoms with Gasteiger partial charge < -0.3 is 15.6 Å². The topological polar surface area (TPSA) is 73.7 Å². The van der Waals surface area contributed by atoms with Crippen LogP contribution in [0.3, 0.4) is 0 Å². The van der Waals surface area contributed by atoms with Crippen LogP contribution in [-0.4, -0.2) is 25.9 Å². The van der Waals surface area contributed by atoms with Crippen LogP contribution in [0.15, 0.2) is 18.7 Å². The average Bonchev–Trinajstić information content (AvgIpc) is 2.87. The lowest BCUT2D eigenvalue weighted by Gasteiger charge is -2.07. The number of aromatic nitrogens is 4. The zero-order valence-electron chi connectivity index (χ0n) is 10.2. The number of aryl methyl sites for hydroxylation is 3. The molecule has 0 aliphatic heterocycles. The van der Waals surface area contributed by atoms with Gasteiger partial charge in [-0.1, -0.05) is 0 Å². The second kappa shape index (κ2) is 4.90. The number of hydrogen-bond acceptors (Lipinski definition) is 4. The highest BCUT2D eigenvalue weighted by Gasteiger charge is 2.08. The Morgan fingerprint density at radius 1 is 1.47 bits per heavy atom. The number of imidazole rings is 1. The third kappa shape index (κ3) is 2.58. The standard InChI is InChI=1S/C11H18N6/c1-9-10(12)11(16(2)15-9)14-4-3-6-17-7-5-13-8-17/h5,7-8,14H,3-4,6,12H2,1-2H3. The summed E-state index contributed by atoms with van der Waals surface area (Å²) in [4.78, 5) is 4.00. The maximum absolute atomic E-state index is 5.92. The number of nitrogens with two attached hydrogens (primary N) is 1. The Morgan fingerprint density at radius 3 is 2.88 bits per heavy atom.